The molecule has 1 aromatic carbocycles. The molecule has 1 aliphatic heterocycles. The second kappa shape index (κ2) is 7.63. The molecule has 2 fully saturated rings. The summed E-state index contributed by atoms with van der Waals surface area (Å²) in [6.07, 6.45) is 2.59. The van der Waals surface area contributed by atoms with Crippen molar-refractivity contribution < 1.29 is 18.8 Å². The Bertz CT molecular complexity index is 675. The second-order valence-electron chi connectivity index (χ2n) is 6.67. The van der Waals surface area contributed by atoms with Crippen LogP contribution in [0.4, 0.5) is 4.39 Å². The second-order valence-corrected chi connectivity index (χ2v) is 6.67. The molecule has 1 atom stereocenters. The van der Waals surface area contributed by atoms with Gasteiger partial charge in [0.2, 0.25) is 11.8 Å². The highest BCUT2D eigenvalue weighted by atomic mass is 19.1. The van der Waals surface area contributed by atoms with Gasteiger partial charge in [0.25, 0.3) is 5.91 Å². The summed E-state index contributed by atoms with van der Waals surface area (Å²) < 4.78 is 13.5. The lowest BCUT2D eigenvalue weighted by Gasteiger charge is -2.16. The Hall–Kier alpha value is -2.44. The summed E-state index contributed by atoms with van der Waals surface area (Å²) in [5, 5.41) is 5.30. The summed E-state index contributed by atoms with van der Waals surface area (Å²) >= 11 is 0. The van der Waals surface area contributed by atoms with Gasteiger partial charge in [-0.1, -0.05) is 12.1 Å². The molecule has 7 heteroatoms. The molecule has 0 radical (unpaired) electrons. The molecule has 1 aliphatic carbocycles. The number of hydrogen-bond acceptors (Lipinski definition) is 3. The van der Waals surface area contributed by atoms with Gasteiger partial charge in [0.05, 0.1) is 11.5 Å². The molecule has 6 nitrogen and oxygen atoms in total. The van der Waals surface area contributed by atoms with Crippen LogP contribution in [-0.2, 0) is 9.59 Å². The van der Waals surface area contributed by atoms with Crippen molar-refractivity contribution in [3.63, 3.8) is 0 Å². The maximum Gasteiger partial charge on any atom is 0.254 e. The highest BCUT2D eigenvalue weighted by Gasteiger charge is 2.36. The van der Waals surface area contributed by atoms with E-state index in [0.29, 0.717) is 12.5 Å². The molecule has 0 aromatic heterocycles. The number of nitrogens with one attached hydrogen (secondary N) is 2. The third kappa shape index (κ3) is 4.55. The first-order valence-corrected chi connectivity index (χ1v) is 8.63. The fourth-order valence-electron chi connectivity index (χ4n) is 2.98. The van der Waals surface area contributed by atoms with Crippen LogP contribution in [0.3, 0.4) is 0 Å². The van der Waals surface area contributed by atoms with Crippen molar-refractivity contribution in [2.75, 3.05) is 26.2 Å². The largest absolute Gasteiger partial charge is 0.354 e. The molecule has 0 spiro atoms. The van der Waals surface area contributed by atoms with Crippen LogP contribution in [-0.4, -0.2) is 48.8 Å². The van der Waals surface area contributed by atoms with Gasteiger partial charge in [-0.05, 0) is 30.9 Å². The number of halogens is 1. The minimum absolute atomic E-state index is 0.0223. The number of carbonyl (C=O) groups is 3. The minimum Gasteiger partial charge on any atom is -0.354 e. The van der Waals surface area contributed by atoms with Crippen LogP contribution in [0.2, 0.25) is 0 Å². The van der Waals surface area contributed by atoms with Crippen molar-refractivity contribution >= 4 is 17.7 Å². The van der Waals surface area contributed by atoms with Gasteiger partial charge in [-0.25, -0.2) is 4.39 Å². The van der Waals surface area contributed by atoms with E-state index in [1.807, 2.05) is 0 Å². The van der Waals surface area contributed by atoms with E-state index >= 15 is 0 Å². The van der Waals surface area contributed by atoms with Crippen molar-refractivity contribution in [2.24, 2.45) is 11.8 Å². The maximum atomic E-state index is 13.5. The van der Waals surface area contributed by atoms with Gasteiger partial charge in [-0.2, -0.15) is 0 Å². The predicted octanol–water partition coefficient (Wildman–Crippen LogP) is 0.930. The summed E-state index contributed by atoms with van der Waals surface area (Å²) in [7, 11) is 0. The van der Waals surface area contributed by atoms with Gasteiger partial charge in [0.1, 0.15) is 5.82 Å². The molecule has 1 heterocycles. The zero-order chi connectivity index (χ0) is 17.8. The molecule has 1 saturated heterocycles. The van der Waals surface area contributed by atoms with Gasteiger partial charge in [0.15, 0.2) is 0 Å². The van der Waals surface area contributed by atoms with Crippen LogP contribution in [0.1, 0.15) is 29.6 Å². The molecule has 134 valence electrons. The molecule has 1 aromatic rings. The van der Waals surface area contributed by atoms with E-state index in [2.05, 4.69) is 10.6 Å². The first-order valence-electron chi connectivity index (χ1n) is 8.63. The smallest absolute Gasteiger partial charge is 0.254 e. The lowest BCUT2D eigenvalue weighted by atomic mass is 10.1. The Morgan fingerprint density at radius 2 is 1.88 bits per heavy atom. The van der Waals surface area contributed by atoms with Crippen LogP contribution < -0.4 is 10.6 Å². The van der Waals surface area contributed by atoms with Crippen LogP contribution in [0, 0.1) is 17.7 Å². The van der Waals surface area contributed by atoms with Gasteiger partial charge in [-0.3, -0.25) is 14.4 Å². The minimum atomic E-state index is -0.579. The Morgan fingerprint density at radius 1 is 1.16 bits per heavy atom. The first kappa shape index (κ1) is 17.4. The number of hydrogen-bond donors (Lipinski definition) is 2. The van der Waals surface area contributed by atoms with E-state index in [9.17, 15) is 18.8 Å². The summed E-state index contributed by atoms with van der Waals surface area (Å²) in [6.45, 7) is 1.68. The first-order chi connectivity index (χ1) is 12.0. The number of amides is 3. The van der Waals surface area contributed by atoms with Crippen molar-refractivity contribution in [1.82, 2.24) is 15.5 Å². The molecular weight excluding hydrogens is 325 g/mol. The Labute approximate surface area is 145 Å². The zero-order valence-electron chi connectivity index (χ0n) is 14.0. The standard InChI is InChI=1S/C18H22FN3O3/c19-15-4-2-1-3-14(15)18(25)21-8-7-20-17(24)13-9-16(23)22(11-13)10-12-5-6-12/h1-4,12-13H,5-11H2,(H,20,24)(H,21,25). The Morgan fingerprint density at radius 3 is 2.60 bits per heavy atom. The van der Waals surface area contributed by atoms with Crippen LogP contribution in [0.15, 0.2) is 24.3 Å². The average Bonchev–Trinajstić information content (AvgIpc) is 3.33. The van der Waals surface area contributed by atoms with Crippen LogP contribution in [0.5, 0.6) is 0 Å². The summed E-state index contributed by atoms with van der Waals surface area (Å²) in [6, 6.07) is 5.73. The summed E-state index contributed by atoms with van der Waals surface area (Å²) in [4.78, 5) is 37.7. The molecular formula is C18H22FN3O3. The number of likely N-dealkylation sites (tertiary alicyclic amines) is 1. The topological polar surface area (TPSA) is 78.5 Å². The number of nitrogens with zero attached hydrogens (tertiary/aromatic N) is 1. The predicted molar refractivity (Wildman–Crippen MR) is 89.2 cm³/mol. The zero-order valence-corrected chi connectivity index (χ0v) is 14.0. The number of carbonyl (C=O) groups excluding carboxylic acids is 3. The van der Waals surface area contributed by atoms with Crippen molar-refractivity contribution in [1.29, 1.82) is 0 Å². The van der Waals surface area contributed by atoms with Gasteiger partial charge in [-0.15, -0.1) is 0 Å². The van der Waals surface area contributed by atoms with E-state index < -0.39 is 11.7 Å². The van der Waals surface area contributed by atoms with Crippen molar-refractivity contribution in [3.05, 3.63) is 35.6 Å². The number of rotatable bonds is 7. The van der Waals surface area contributed by atoms with Gasteiger partial charge in [0, 0.05) is 32.6 Å². The molecule has 0 bridgehead atoms. The van der Waals surface area contributed by atoms with Gasteiger partial charge >= 0.3 is 0 Å². The Kier molecular flexibility index (Phi) is 5.31. The molecule has 3 amide bonds. The fourth-order valence-corrected chi connectivity index (χ4v) is 2.98. The molecule has 3 rings (SSSR count). The van der Waals surface area contributed by atoms with E-state index in [4.69, 9.17) is 0 Å². The maximum absolute atomic E-state index is 13.5. The third-order valence-electron chi connectivity index (χ3n) is 4.59. The van der Waals surface area contributed by atoms with Crippen LogP contribution >= 0.6 is 0 Å². The van der Waals surface area contributed by atoms with Crippen molar-refractivity contribution in [3.8, 4) is 0 Å². The number of benzene rings is 1. The monoisotopic (exact) mass is 347 g/mol. The van der Waals surface area contributed by atoms with E-state index in [1.54, 1.807) is 11.0 Å². The molecule has 1 saturated carbocycles. The molecule has 25 heavy (non-hydrogen) atoms. The van der Waals surface area contributed by atoms with Crippen molar-refractivity contribution in [2.45, 2.75) is 19.3 Å². The van der Waals surface area contributed by atoms with E-state index in [0.717, 1.165) is 6.54 Å². The fraction of sp³-hybridized carbons (Fsp3) is 0.500. The molecule has 1 unspecified atom stereocenters. The van der Waals surface area contributed by atoms with Crippen LogP contribution in [0.25, 0.3) is 0 Å². The SMILES string of the molecule is O=C(NCCNC(=O)C1CC(=O)N(CC2CC2)C1)c1ccccc1F. The highest BCUT2D eigenvalue weighted by molar-refractivity contribution is 5.94. The lowest BCUT2D eigenvalue weighted by Crippen LogP contribution is -2.38. The molecule has 2 N–H and O–H groups in total. The lowest BCUT2D eigenvalue weighted by molar-refractivity contribution is -0.129. The normalized spacial score (nSPS) is 19.8. The van der Waals surface area contributed by atoms with E-state index in [-0.39, 0.29) is 42.8 Å². The third-order valence-corrected chi connectivity index (χ3v) is 4.59. The average molecular weight is 347 g/mol. The molecule has 2 aliphatic rings. The van der Waals surface area contributed by atoms with Gasteiger partial charge < -0.3 is 15.5 Å². The van der Waals surface area contributed by atoms with E-state index in [1.165, 1.54) is 31.0 Å². The highest BCUT2D eigenvalue weighted by Crippen LogP contribution is 2.31. The summed E-state index contributed by atoms with van der Waals surface area (Å²) in [5.41, 5.74) is -0.0223. The summed E-state index contributed by atoms with van der Waals surface area (Å²) in [5.74, 6) is -0.942. The Balaban J connectivity index is 1.37. The quantitative estimate of drug-likeness (QED) is 0.720.